The molecule has 1 fully saturated rings. The monoisotopic (exact) mass is 491 g/mol. The zero-order valence-electron chi connectivity index (χ0n) is 20.1. The van der Waals surface area contributed by atoms with Crippen LogP contribution < -0.4 is 9.47 Å². The van der Waals surface area contributed by atoms with E-state index < -0.39 is 0 Å². The van der Waals surface area contributed by atoms with E-state index in [0.29, 0.717) is 6.61 Å². The van der Waals surface area contributed by atoms with Gasteiger partial charge in [0.25, 0.3) is 0 Å². The van der Waals surface area contributed by atoms with E-state index in [2.05, 4.69) is 24.0 Å². The predicted octanol–water partition coefficient (Wildman–Crippen LogP) is 6.32. The van der Waals surface area contributed by atoms with Gasteiger partial charge in [-0.3, -0.25) is 4.90 Å². The first-order valence-electron chi connectivity index (χ1n) is 12.4. The van der Waals surface area contributed by atoms with Gasteiger partial charge in [0.05, 0.1) is 5.25 Å². The maximum absolute atomic E-state index is 9.96. The third-order valence-electron chi connectivity index (χ3n) is 7.05. The van der Waals surface area contributed by atoms with E-state index in [1.165, 1.54) is 25.9 Å². The number of aromatic hydroxyl groups is 2. The molecule has 184 valence electrons. The number of fused-ring (bicyclic) bond motifs is 1. The highest BCUT2D eigenvalue weighted by atomic mass is 32.2. The average Bonchev–Trinajstić information content (AvgIpc) is 3.25. The van der Waals surface area contributed by atoms with Crippen molar-refractivity contribution in [2.45, 2.75) is 36.9 Å². The molecule has 3 aromatic carbocycles. The summed E-state index contributed by atoms with van der Waals surface area (Å²) < 4.78 is 12.6. The summed E-state index contributed by atoms with van der Waals surface area (Å²) in [7, 11) is 0. The van der Waals surface area contributed by atoms with Crippen molar-refractivity contribution in [1.29, 1.82) is 0 Å². The number of phenolic OH excluding ortho intramolecular Hbond substituents is 2. The van der Waals surface area contributed by atoms with Crippen molar-refractivity contribution in [3.8, 4) is 23.0 Å². The van der Waals surface area contributed by atoms with E-state index >= 15 is 0 Å². The van der Waals surface area contributed by atoms with Crippen LogP contribution in [0.25, 0.3) is 0 Å². The fraction of sp³-hybridized carbons (Fsp3) is 0.379. The van der Waals surface area contributed by atoms with Crippen molar-refractivity contribution in [3.05, 3.63) is 83.4 Å². The lowest BCUT2D eigenvalue weighted by atomic mass is 10.00. The summed E-state index contributed by atoms with van der Waals surface area (Å²) in [6, 6.07) is 20.9. The molecule has 0 radical (unpaired) electrons. The minimum atomic E-state index is -0.222. The van der Waals surface area contributed by atoms with Gasteiger partial charge in [-0.15, -0.1) is 11.8 Å². The van der Waals surface area contributed by atoms with Crippen LogP contribution in [-0.4, -0.2) is 41.4 Å². The number of hydrogen-bond acceptors (Lipinski definition) is 6. The highest BCUT2D eigenvalue weighted by molar-refractivity contribution is 7.98. The number of phenols is 2. The molecule has 0 spiro atoms. The quantitative estimate of drug-likeness (QED) is 0.403. The number of hydrogen-bond donors (Lipinski definition) is 2. The lowest BCUT2D eigenvalue weighted by Gasteiger charge is -2.26. The van der Waals surface area contributed by atoms with Gasteiger partial charge in [-0.1, -0.05) is 37.6 Å². The number of benzene rings is 3. The van der Waals surface area contributed by atoms with Gasteiger partial charge in [-0.05, 0) is 72.5 Å². The molecule has 0 bridgehead atoms. The van der Waals surface area contributed by atoms with E-state index in [1.54, 1.807) is 36.0 Å². The molecule has 2 N–H and O–H groups in total. The fourth-order valence-electron chi connectivity index (χ4n) is 4.93. The number of thioether (sulfide) groups is 1. The Balaban J connectivity index is 1.31. The van der Waals surface area contributed by atoms with Crippen LogP contribution in [0, 0.1) is 5.92 Å². The van der Waals surface area contributed by atoms with Crippen LogP contribution in [0.1, 0.15) is 47.8 Å². The van der Waals surface area contributed by atoms with Crippen LogP contribution in [0.5, 0.6) is 23.0 Å². The topological polar surface area (TPSA) is 62.2 Å². The van der Waals surface area contributed by atoms with Gasteiger partial charge in [-0.2, -0.15) is 0 Å². The molecule has 3 aromatic rings. The molecule has 0 saturated carbocycles. The van der Waals surface area contributed by atoms with Crippen LogP contribution >= 0.6 is 11.8 Å². The Bertz CT molecular complexity index is 1120. The molecule has 2 aliphatic heterocycles. The van der Waals surface area contributed by atoms with Gasteiger partial charge in [0.1, 0.15) is 35.7 Å². The van der Waals surface area contributed by atoms with Crippen LogP contribution in [0.3, 0.4) is 0 Å². The second-order valence-electron chi connectivity index (χ2n) is 9.43. The van der Waals surface area contributed by atoms with Crippen LogP contribution in [0.15, 0.2) is 66.7 Å². The molecule has 5 rings (SSSR count). The minimum absolute atomic E-state index is 0.0265. The lowest BCUT2D eigenvalue weighted by molar-refractivity contribution is 0.203. The second kappa shape index (κ2) is 10.8. The number of likely N-dealkylation sites (tertiary alicyclic amines) is 1. The smallest absolute Gasteiger partial charge is 0.140 e. The van der Waals surface area contributed by atoms with Crippen molar-refractivity contribution in [3.63, 3.8) is 0 Å². The van der Waals surface area contributed by atoms with Gasteiger partial charge in [0.2, 0.25) is 0 Å². The standard InChI is InChI=1S/C29H33NO4S/c1-2-20-13-14-30(18-20)15-16-33-26-10-5-21(6-11-26)28-29(22-3-7-24(31)8-4-22)35-19-23-17-25(32)9-12-27(23)34-28/h3-12,17,20,28-29,31-32H,2,13-16,18-19H2,1H3/t20-,28+,29-/m1/s1. The van der Waals surface area contributed by atoms with Crippen LogP contribution in [0.4, 0.5) is 0 Å². The van der Waals surface area contributed by atoms with Crippen molar-refractivity contribution in [1.82, 2.24) is 4.90 Å². The van der Waals surface area contributed by atoms with E-state index in [0.717, 1.165) is 46.4 Å². The Hall–Kier alpha value is -2.83. The largest absolute Gasteiger partial charge is 0.508 e. The molecule has 0 amide bonds. The number of rotatable bonds is 7. The first-order chi connectivity index (χ1) is 17.1. The number of ether oxygens (including phenoxy) is 2. The summed E-state index contributed by atoms with van der Waals surface area (Å²) >= 11 is 1.78. The van der Waals surface area contributed by atoms with Gasteiger partial charge >= 0.3 is 0 Å². The molecule has 2 heterocycles. The molecule has 0 unspecified atom stereocenters. The van der Waals surface area contributed by atoms with Crippen LogP contribution in [0.2, 0.25) is 0 Å². The highest BCUT2D eigenvalue weighted by Gasteiger charge is 2.31. The first-order valence-corrected chi connectivity index (χ1v) is 13.5. The predicted molar refractivity (Wildman–Crippen MR) is 140 cm³/mol. The normalized spacial score (nSPS) is 22.3. The zero-order valence-corrected chi connectivity index (χ0v) is 20.9. The van der Waals surface area contributed by atoms with Crippen molar-refractivity contribution in [2.24, 2.45) is 5.92 Å². The minimum Gasteiger partial charge on any atom is -0.508 e. The average molecular weight is 492 g/mol. The van der Waals surface area contributed by atoms with Crippen molar-refractivity contribution in [2.75, 3.05) is 26.2 Å². The molecule has 35 heavy (non-hydrogen) atoms. The molecule has 2 aliphatic rings. The molecular formula is C29H33NO4S. The van der Waals surface area contributed by atoms with Crippen LogP contribution in [-0.2, 0) is 5.75 Å². The summed E-state index contributed by atoms with van der Waals surface area (Å²) in [5.74, 6) is 3.71. The van der Waals surface area contributed by atoms with Gasteiger partial charge in [-0.25, -0.2) is 0 Å². The van der Waals surface area contributed by atoms with Gasteiger partial charge < -0.3 is 19.7 Å². The molecule has 0 aliphatic carbocycles. The fourth-order valence-corrected chi connectivity index (χ4v) is 6.25. The zero-order chi connectivity index (χ0) is 24.2. The summed E-state index contributed by atoms with van der Waals surface area (Å²) in [5, 5.41) is 19.8. The summed E-state index contributed by atoms with van der Waals surface area (Å²) in [4.78, 5) is 2.50. The Morgan fingerprint density at radius 1 is 0.971 bits per heavy atom. The Labute approximate surface area is 211 Å². The summed E-state index contributed by atoms with van der Waals surface area (Å²) in [5.41, 5.74) is 3.13. The molecule has 6 heteroatoms. The third-order valence-corrected chi connectivity index (χ3v) is 8.40. The Morgan fingerprint density at radius 3 is 2.46 bits per heavy atom. The molecule has 5 nitrogen and oxygen atoms in total. The lowest BCUT2D eigenvalue weighted by Crippen LogP contribution is -2.26. The van der Waals surface area contributed by atoms with E-state index in [1.807, 2.05) is 30.3 Å². The Morgan fingerprint density at radius 2 is 1.71 bits per heavy atom. The summed E-state index contributed by atoms with van der Waals surface area (Å²) in [6.45, 7) is 6.30. The first kappa shape index (κ1) is 23.9. The third kappa shape index (κ3) is 5.71. The van der Waals surface area contributed by atoms with E-state index in [4.69, 9.17) is 9.47 Å². The van der Waals surface area contributed by atoms with Gasteiger partial charge in [0, 0.05) is 24.4 Å². The maximum Gasteiger partial charge on any atom is 0.140 e. The van der Waals surface area contributed by atoms with E-state index in [-0.39, 0.29) is 22.9 Å². The second-order valence-corrected chi connectivity index (χ2v) is 10.6. The Kier molecular flexibility index (Phi) is 7.40. The maximum atomic E-state index is 9.96. The highest BCUT2D eigenvalue weighted by Crippen LogP contribution is 2.49. The summed E-state index contributed by atoms with van der Waals surface area (Å²) in [6.07, 6.45) is 2.34. The number of nitrogens with zero attached hydrogens (tertiary/aromatic N) is 1. The van der Waals surface area contributed by atoms with Gasteiger partial charge in [0.15, 0.2) is 0 Å². The SMILES string of the molecule is CC[C@@H]1CCN(CCOc2ccc([C@@H]3Oc4ccc(O)cc4CS[C@@H]3c3ccc(O)cc3)cc2)C1. The van der Waals surface area contributed by atoms with E-state index in [9.17, 15) is 10.2 Å². The molecule has 0 aromatic heterocycles. The van der Waals surface area contributed by atoms with Crippen molar-refractivity contribution < 1.29 is 19.7 Å². The molecular weight excluding hydrogens is 458 g/mol. The molecule has 3 atom stereocenters. The molecule has 1 saturated heterocycles. The van der Waals surface area contributed by atoms with Crippen molar-refractivity contribution >= 4 is 11.8 Å².